The minimum Gasteiger partial charge on any atom is -0.492 e. The fourth-order valence-electron chi connectivity index (χ4n) is 4.09. The van der Waals surface area contributed by atoms with Crippen LogP contribution in [-0.4, -0.2) is 51.4 Å². The summed E-state index contributed by atoms with van der Waals surface area (Å²) in [7, 11) is -2.72. The van der Waals surface area contributed by atoms with Crippen molar-refractivity contribution in [3.8, 4) is 5.75 Å². The number of benzene rings is 3. The molecule has 2 amide bonds. The molecule has 3 rings (SSSR count). The number of nitrogens with zero attached hydrogens (tertiary/aromatic N) is 2. The third-order valence-corrected chi connectivity index (χ3v) is 8.53. The van der Waals surface area contributed by atoms with Crippen molar-refractivity contribution in [3.05, 3.63) is 88.4 Å². The molecule has 0 radical (unpaired) electrons. The van der Waals surface area contributed by atoms with E-state index < -0.39 is 28.5 Å². The number of hydrogen-bond acceptors (Lipinski definition) is 5. The van der Waals surface area contributed by atoms with E-state index in [0.29, 0.717) is 34.4 Å². The lowest BCUT2D eigenvalue weighted by molar-refractivity contribution is -0.140. The molecule has 0 aromatic heterocycles. The van der Waals surface area contributed by atoms with Crippen molar-refractivity contribution in [2.45, 2.75) is 37.8 Å². The van der Waals surface area contributed by atoms with E-state index in [0.717, 1.165) is 4.31 Å². The Balaban J connectivity index is 2.11. The maximum absolute atomic E-state index is 14.0. The molecule has 0 saturated heterocycles. The highest BCUT2D eigenvalue weighted by Crippen LogP contribution is 2.33. The first kappa shape index (κ1) is 30.3. The minimum atomic E-state index is -4.20. The zero-order valence-electron chi connectivity index (χ0n) is 21.9. The number of amides is 2. The number of halogens is 2. The molecule has 8 nitrogen and oxygen atoms in total. The largest absolute Gasteiger partial charge is 0.492 e. The lowest BCUT2D eigenvalue weighted by Gasteiger charge is -2.33. The summed E-state index contributed by atoms with van der Waals surface area (Å²) in [4.78, 5) is 28.2. The Morgan fingerprint density at radius 1 is 0.949 bits per heavy atom. The third kappa shape index (κ3) is 7.23. The van der Waals surface area contributed by atoms with Crippen LogP contribution in [0.5, 0.6) is 5.75 Å². The number of rotatable bonds is 12. The Labute approximate surface area is 239 Å². The van der Waals surface area contributed by atoms with Crippen molar-refractivity contribution >= 4 is 50.7 Å². The van der Waals surface area contributed by atoms with E-state index in [-0.39, 0.29) is 23.0 Å². The van der Waals surface area contributed by atoms with E-state index in [1.807, 2.05) is 0 Å². The average molecular weight is 593 g/mol. The van der Waals surface area contributed by atoms with Crippen LogP contribution in [0.3, 0.4) is 0 Å². The molecule has 1 N–H and O–H groups in total. The normalized spacial score (nSPS) is 11.9. The van der Waals surface area contributed by atoms with Gasteiger partial charge in [0.05, 0.1) is 27.2 Å². The van der Waals surface area contributed by atoms with Crippen LogP contribution < -0.4 is 14.4 Å². The molecule has 3 aromatic rings. The van der Waals surface area contributed by atoms with Gasteiger partial charge >= 0.3 is 0 Å². The van der Waals surface area contributed by atoms with Crippen molar-refractivity contribution < 1.29 is 22.7 Å². The van der Waals surface area contributed by atoms with E-state index in [2.05, 4.69) is 5.32 Å². The van der Waals surface area contributed by atoms with Gasteiger partial charge in [-0.05, 0) is 55.3 Å². The fourth-order valence-corrected chi connectivity index (χ4v) is 5.86. The quantitative estimate of drug-likeness (QED) is 0.314. The Morgan fingerprint density at radius 3 is 2.23 bits per heavy atom. The number of carbonyl (C=O) groups is 2. The summed E-state index contributed by atoms with van der Waals surface area (Å²) in [6.07, 6.45) is 0.299. The molecule has 0 fully saturated rings. The monoisotopic (exact) mass is 591 g/mol. The maximum atomic E-state index is 14.0. The van der Waals surface area contributed by atoms with Gasteiger partial charge in [-0.1, -0.05) is 66.5 Å². The summed E-state index contributed by atoms with van der Waals surface area (Å²) in [5.74, 6) is -0.651. The number of hydrogen-bond donors (Lipinski definition) is 1. The molecule has 208 valence electrons. The second-order valence-corrected chi connectivity index (χ2v) is 11.2. The zero-order chi connectivity index (χ0) is 28.6. The van der Waals surface area contributed by atoms with Crippen molar-refractivity contribution in [2.24, 2.45) is 0 Å². The van der Waals surface area contributed by atoms with Gasteiger partial charge in [-0.15, -0.1) is 0 Å². The van der Waals surface area contributed by atoms with Gasteiger partial charge < -0.3 is 15.0 Å². The van der Waals surface area contributed by atoms with Gasteiger partial charge in [0.25, 0.3) is 10.0 Å². The van der Waals surface area contributed by atoms with E-state index in [9.17, 15) is 18.0 Å². The van der Waals surface area contributed by atoms with Crippen molar-refractivity contribution in [1.29, 1.82) is 0 Å². The molecule has 1 unspecified atom stereocenters. The van der Waals surface area contributed by atoms with Gasteiger partial charge in [0.2, 0.25) is 11.8 Å². The standard InChI is InChI=1S/C28H31Cl2N3O5S/c1-4-24(28(35)31-3)32(18-20-15-16-22(29)23(30)17-20)27(34)19-33(25-13-9-10-14-26(25)38-5-2)39(36,37)21-11-7-6-8-12-21/h6-17,24H,4-5,18-19H2,1-3H3,(H,31,35). The fraction of sp³-hybridized carbons (Fsp3) is 0.286. The van der Waals surface area contributed by atoms with Crippen LogP contribution in [0.1, 0.15) is 25.8 Å². The molecule has 3 aromatic carbocycles. The number of anilines is 1. The van der Waals surface area contributed by atoms with Crippen LogP contribution in [0.2, 0.25) is 10.0 Å². The van der Waals surface area contributed by atoms with Crippen LogP contribution in [0.15, 0.2) is 77.7 Å². The molecule has 0 heterocycles. The number of carbonyl (C=O) groups excluding carboxylic acids is 2. The maximum Gasteiger partial charge on any atom is 0.264 e. The number of para-hydroxylation sites is 2. The predicted molar refractivity (Wildman–Crippen MR) is 154 cm³/mol. The average Bonchev–Trinajstić information content (AvgIpc) is 2.94. The summed E-state index contributed by atoms with van der Waals surface area (Å²) < 4.78 is 34.5. The van der Waals surface area contributed by atoms with Gasteiger partial charge in [0, 0.05) is 13.6 Å². The van der Waals surface area contributed by atoms with Gasteiger partial charge in [-0.2, -0.15) is 0 Å². The molecule has 0 aliphatic heterocycles. The zero-order valence-corrected chi connectivity index (χ0v) is 24.3. The molecule has 0 aliphatic rings. The second-order valence-electron chi connectivity index (χ2n) is 8.53. The Morgan fingerprint density at radius 2 is 1.62 bits per heavy atom. The van der Waals surface area contributed by atoms with E-state index in [1.54, 1.807) is 74.5 Å². The van der Waals surface area contributed by atoms with Crippen molar-refractivity contribution in [3.63, 3.8) is 0 Å². The molecule has 0 saturated carbocycles. The van der Waals surface area contributed by atoms with Crippen LogP contribution in [-0.2, 0) is 26.2 Å². The van der Waals surface area contributed by atoms with E-state index in [1.165, 1.54) is 24.1 Å². The summed E-state index contributed by atoms with van der Waals surface area (Å²) in [6, 6.07) is 18.5. The number of ether oxygens (including phenoxy) is 1. The molecule has 0 aliphatic carbocycles. The smallest absolute Gasteiger partial charge is 0.264 e. The Hall–Kier alpha value is -3.27. The van der Waals surface area contributed by atoms with Crippen LogP contribution in [0, 0.1) is 0 Å². The van der Waals surface area contributed by atoms with Crippen LogP contribution >= 0.6 is 23.2 Å². The molecule has 0 spiro atoms. The Bertz CT molecular complexity index is 1400. The number of likely N-dealkylation sites (N-methyl/N-ethyl adjacent to an activating group) is 1. The second kappa shape index (κ2) is 13.7. The minimum absolute atomic E-state index is 0.00792. The molecule has 0 bridgehead atoms. The molecular weight excluding hydrogens is 561 g/mol. The first-order valence-corrected chi connectivity index (χ1v) is 14.6. The van der Waals surface area contributed by atoms with Gasteiger partial charge in [0.1, 0.15) is 18.3 Å². The first-order valence-electron chi connectivity index (χ1n) is 12.4. The topological polar surface area (TPSA) is 96.0 Å². The highest BCUT2D eigenvalue weighted by molar-refractivity contribution is 7.92. The summed E-state index contributed by atoms with van der Waals surface area (Å²) in [5.41, 5.74) is 0.839. The molecular formula is C28H31Cl2N3O5S. The number of sulfonamides is 1. The highest BCUT2D eigenvalue weighted by atomic mass is 35.5. The van der Waals surface area contributed by atoms with E-state index >= 15 is 0 Å². The third-order valence-electron chi connectivity index (χ3n) is 6.01. The van der Waals surface area contributed by atoms with Gasteiger partial charge in [0.15, 0.2) is 0 Å². The van der Waals surface area contributed by atoms with Crippen molar-refractivity contribution in [1.82, 2.24) is 10.2 Å². The predicted octanol–water partition coefficient (Wildman–Crippen LogP) is 5.14. The number of nitrogens with one attached hydrogen (secondary N) is 1. The first-order chi connectivity index (χ1) is 18.6. The summed E-state index contributed by atoms with van der Waals surface area (Å²) in [6.45, 7) is 3.29. The van der Waals surface area contributed by atoms with Crippen LogP contribution in [0.25, 0.3) is 0 Å². The van der Waals surface area contributed by atoms with E-state index in [4.69, 9.17) is 27.9 Å². The van der Waals surface area contributed by atoms with Gasteiger partial charge in [-0.25, -0.2) is 8.42 Å². The molecule has 1 atom stereocenters. The summed E-state index contributed by atoms with van der Waals surface area (Å²) in [5, 5.41) is 3.24. The van der Waals surface area contributed by atoms with Gasteiger partial charge in [-0.3, -0.25) is 13.9 Å². The van der Waals surface area contributed by atoms with Crippen molar-refractivity contribution in [2.75, 3.05) is 24.5 Å². The molecule has 11 heteroatoms. The Kier molecular flexibility index (Phi) is 10.6. The lowest BCUT2D eigenvalue weighted by Crippen LogP contribution is -2.51. The molecule has 39 heavy (non-hydrogen) atoms. The van der Waals surface area contributed by atoms with Crippen LogP contribution in [0.4, 0.5) is 5.69 Å². The lowest BCUT2D eigenvalue weighted by atomic mass is 10.1. The SMILES string of the molecule is CCOc1ccccc1N(CC(=O)N(Cc1ccc(Cl)c(Cl)c1)C(CC)C(=O)NC)S(=O)(=O)c1ccccc1. The summed E-state index contributed by atoms with van der Waals surface area (Å²) >= 11 is 12.3. The highest BCUT2D eigenvalue weighted by Gasteiger charge is 2.34.